The van der Waals surface area contributed by atoms with E-state index < -0.39 is 11.7 Å². The zero-order chi connectivity index (χ0) is 14.0. The summed E-state index contributed by atoms with van der Waals surface area (Å²) in [5.41, 5.74) is -2.42. The summed E-state index contributed by atoms with van der Waals surface area (Å²) in [5.74, 6) is -1.05. The summed E-state index contributed by atoms with van der Waals surface area (Å²) in [6.45, 7) is 0.822. The van der Waals surface area contributed by atoms with Gasteiger partial charge < -0.3 is 19.5 Å². The van der Waals surface area contributed by atoms with Crippen molar-refractivity contribution in [1.82, 2.24) is 5.32 Å². The molecule has 1 atom stereocenters. The summed E-state index contributed by atoms with van der Waals surface area (Å²) in [4.78, 5) is 21.5. The molecule has 18 heavy (non-hydrogen) atoms. The van der Waals surface area contributed by atoms with Crippen molar-refractivity contribution in [2.45, 2.75) is 25.7 Å². The monoisotopic (exact) mass is 315 g/mol. The fourth-order valence-corrected chi connectivity index (χ4v) is 1.95. The van der Waals surface area contributed by atoms with E-state index in [2.05, 4.69) is 17.6 Å². The van der Waals surface area contributed by atoms with Crippen LogP contribution in [0.15, 0.2) is 0 Å². The van der Waals surface area contributed by atoms with Crippen LogP contribution in [0.25, 0.3) is 0 Å². The standard InChI is InChI=1S/C9H18NO5PS2/c1-14-16(17,18)15-7-3-6-10-8(11)4-2-5-9(12)13/h2-7H2,1H3,(H,10,11)(H,12,13)(H,17,18). The number of carboxylic acid groups (broad SMARTS) is 1. The van der Waals surface area contributed by atoms with E-state index in [1.807, 2.05) is 0 Å². The minimum Gasteiger partial charge on any atom is -0.481 e. The Balaban J connectivity index is 3.46. The number of aliphatic carboxylic acids is 1. The molecule has 0 rings (SSSR count). The molecule has 0 aliphatic carbocycles. The van der Waals surface area contributed by atoms with Gasteiger partial charge in [0.2, 0.25) is 11.6 Å². The highest BCUT2D eigenvalue weighted by atomic mass is 32.9. The SMILES string of the molecule is COP(=S)(S)OCCCNC(=O)CCCC(=O)O. The highest BCUT2D eigenvalue weighted by molar-refractivity contribution is 8.60. The molecule has 0 aliphatic heterocycles. The van der Waals surface area contributed by atoms with Crippen LogP contribution in [0.4, 0.5) is 0 Å². The quantitative estimate of drug-likeness (QED) is 0.322. The molecule has 0 saturated heterocycles. The lowest BCUT2D eigenvalue weighted by Crippen LogP contribution is -2.24. The molecule has 6 nitrogen and oxygen atoms in total. The molecule has 106 valence electrons. The first-order valence-electron chi connectivity index (χ1n) is 5.39. The first-order chi connectivity index (χ1) is 8.37. The zero-order valence-corrected chi connectivity index (χ0v) is 12.7. The largest absolute Gasteiger partial charge is 0.481 e. The normalized spacial score (nSPS) is 13.9. The van der Waals surface area contributed by atoms with Crippen LogP contribution in [-0.4, -0.2) is 37.2 Å². The highest BCUT2D eigenvalue weighted by Crippen LogP contribution is 2.52. The molecule has 1 amide bonds. The molecule has 1 unspecified atom stereocenters. The van der Waals surface area contributed by atoms with Crippen LogP contribution >= 0.6 is 17.9 Å². The first kappa shape index (κ1) is 17.9. The van der Waals surface area contributed by atoms with Gasteiger partial charge >= 0.3 is 5.97 Å². The van der Waals surface area contributed by atoms with Crippen molar-refractivity contribution in [3.05, 3.63) is 0 Å². The summed E-state index contributed by atoms with van der Waals surface area (Å²) in [6.07, 6.45) is 1.18. The fraction of sp³-hybridized carbons (Fsp3) is 0.778. The Bertz CT molecular complexity index is 326. The average Bonchev–Trinajstić information content (AvgIpc) is 2.28. The molecule has 0 bridgehead atoms. The maximum absolute atomic E-state index is 11.2. The molecule has 0 aromatic rings. The number of carbonyl (C=O) groups is 2. The molecular formula is C9H18NO5PS2. The predicted molar refractivity (Wildman–Crippen MR) is 75.3 cm³/mol. The van der Waals surface area contributed by atoms with Gasteiger partial charge in [-0.2, -0.15) is 0 Å². The van der Waals surface area contributed by atoms with Crippen molar-refractivity contribution in [3.8, 4) is 0 Å². The van der Waals surface area contributed by atoms with Crippen molar-refractivity contribution >= 4 is 41.6 Å². The van der Waals surface area contributed by atoms with Gasteiger partial charge in [0.05, 0.1) is 6.61 Å². The molecule has 9 heteroatoms. The van der Waals surface area contributed by atoms with Crippen molar-refractivity contribution in [2.24, 2.45) is 0 Å². The van der Waals surface area contributed by atoms with Gasteiger partial charge in [-0.25, -0.2) is 0 Å². The number of carboxylic acids is 1. The second kappa shape index (κ2) is 9.75. The van der Waals surface area contributed by atoms with E-state index in [0.717, 1.165) is 0 Å². The molecule has 0 heterocycles. The van der Waals surface area contributed by atoms with Crippen LogP contribution in [0.5, 0.6) is 0 Å². The Morgan fingerprint density at radius 3 is 2.61 bits per heavy atom. The third-order valence-corrected chi connectivity index (χ3v) is 4.49. The number of thiol groups is 1. The Morgan fingerprint density at radius 2 is 2.06 bits per heavy atom. The van der Waals surface area contributed by atoms with Gasteiger partial charge in [0, 0.05) is 26.5 Å². The lowest BCUT2D eigenvalue weighted by atomic mass is 10.2. The molecule has 0 aliphatic rings. The lowest BCUT2D eigenvalue weighted by molar-refractivity contribution is -0.137. The van der Waals surface area contributed by atoms with Crippen LogP contribution in [-0.2, 0) is 30.4 Å². The lowest BCUT2D eigenvalue weighted by Gasteiger charge is -2.13. The van der Waals surface area contributed by atoms with E-state index in [9.17, 15) is 9.59 Å². The van der Waals surface area contributed by atoms with Crippen LogP contribution in [0.1, 0.15) is 25.7 Å². The number of rotatable bonds is 10. The predicted octanol–water partition coefficient (Wildman–Crippen LogP) is 1.56. The number of carbonyl (C=O) groups excluding carboxylic acids is 1. The van der Waals surface area contributed by atoms with Gasteiger partial charge in [-0.15, -0.1) is 0 Å². The summed E-state index contributed by atoms with van der Waals surface area (Å²) >= 11 is 8.95. The molecule has 0 spiro atoms. The third-order valence-electron chi connectivity index (χ3n) is 1.92. The smallest absolute Gasteiger partial charge is 0.303 e. The van der Waals surface area contributed by atoms with Crippen molar-refractivity contribution in [1.29, 1.82) is 0 Å². The van der Waals surface area contributed by atoms with E-state index in [0.29, 0.717) is 26.0 Å². The Labute approximate surface area is 117 Å². The van der Waals surface area contributed by atoms with Gasteiger partial charge in [-0.1, -0.05) is 12.2 Å². The topological polar surface area (TPSA) is 84.9 Å². The summed E-state index contributed by atoms with van der Waals surface area (Å²) in [6, 6.07) is 0. The maximum Gasteiger partial charge on any atom is 0.303 e. The van der Waals surface area contributed by atoms with Crippen molar-refractivity contribution in [3.63, 3.8) is 0 Å². The summed E-state index contributed by atoms with van der Waals surface area (Å²) in [5, 5.41) is 11.1. The minimum absolute atomic E-state index is 0.00692. The minimum atomic E-state index is -2.42. The Hall–Kier alpha value is -0.140. The van der Waals surface area contributed by atoms with Crippen LogP contribution < -0.4 is 5.32 Å². The fourth-order valence-electron chi connectivity index (χ4n) is 1.02. The molecule has 0 fully saturated rings. The second-order valence-corrected chi connectivity index (χ2v) is 8.83. The van der Waals surface area contributed by atoms with E-state index in [1.54, 1.807) is 0 Å². The van der Waals surface area contributed by atoms with E-state index in [1.165, 1.54) is 7.11 Å². The third kappa shape index (κ3) is 11.0. The van der Waals surface area contributed by atoms with Crippen LogP contribution in [0, 0.1) is 0 Å². The van der Waals surface area contributed by atoms with Crippen LogP contribution in [0.3, 0.4) is 0 Å². The number of hydrogen-bond acceptors (Lipinski definition) is 5. The highest BCUT2D eigenvalue weighted by Gasteiger charge is 2.09. The number of hydrogen-bond donors (Lipinski definition) is 3. The molecule has 0 radical (unpaired) electrons. The van der Waals surface area contributed by atoms with E-state index in [-0.39, 0.29) is 18.7 Å². The molecular weight excluding hydrogens is 297 g/mol. The van der Waals surface area contributed by atoms with Gasteiger partial charge in [0.1, 0.15) is 0 Å². The van der Waals surface area contributed by atoms with Crippen molar-refractivity contribution < 1.29 is 23.7 Å². The van der Waals surface area contributed by atoms with Gasteiger partial charge in [0.15, 0.2) is 0 Å². The molecule has 0 saturated carbocycles. The Kier molecular flexibility index (Phi) is 9.67. The van der Waals surface area contributed by atoms with Gasteiger partial charge in [-0.3, -0.25) is 9.59 Å². The zero-order valence-electron chi connectivity index (χ0n) is 10.1. The maximum atomic E-state index is 11.2. The summed E-state index contributed by atoms with van der Waals surface area (Å²) in [7, 11) is 1.44. The first-order valence-corrected chi connectivity index (χ1v) is 9.18. The number of amides is 1. The summed E-state index contributed by atoms with van der Waals surface area (Å²) < 4.78 is 10.1. The van der Waals surface area contributed by atoms with Gasteiger partial charge in [0.25, 0.3) is 0 Å². The Morgan fingerprint density at radius 1 is 1.39 bits per heavy atom. The second-order valence-electron chi connectivity index (χ2n) is 3.44. The van der Waals surface area contributed by atoms with E-state index >= 15 is 0 Å². The number of nitrogens with one attached hydrogen (secondary N) is 1. The van der Waals surface area contributed by atoms with E-state index in [4.69, 9.17) is 26.0 Å². The average molecular weight is 315 g/mol. The van der Waals surface area contributed by atoms with Crippen molar-refractivity contribution in [2.75, 3.05) is 20.3 Å². The van der Waals surface area contributed by atoms with Gasteiger partial charge in [-0.05, 0) is 24.6 Å². The molecule has 0 aromatic carbocycles. The molecule has 2 N–H and O–H groups in total. The van der Waals surface area contributed by atoms with Crippen LogP contribution in [0.2, 0.25) is 0 Å². The molecule has 0 aromatic heterocycles.